The number of nitrogens with two attached hydrogens (primary N) is 1. The highest BCUT2D eigenvalue weighted by molar-refractivity contribution is 7.99. The molecule has 0 aliphatic heterocycles. The van der Waals surface area contributed by atoms with Gasteiger partial charge < -0.3 is 11.1 Å². The molecule has 0 bridgehead atoms. The second-order valence-corrected chi connectivity index (χ2v) is 5.44. The average Bonchev–Trinajstić information content (AvgIpc) is 2.21. The zero-order valence-corrected chi connectivity index (χ0v) is 10.7. The molecule has 0 heterocycles. The Morgan fingerprint density at radius 3 is 2.64 bits per heavy atom. The van der Waals surface area contributed by atoms with Crippen LogP contribution >= 0.6 is 23.5 Å². The summed E-state index contributed by atoms with van der Waals surface area (Å²) in [7, 11) is 0. The van der Waals surface area contributed by atoms with Crippen molar-refractivity contribution in [2.45, 2.75) is 24.6 Å². The zero-order chi connectivity index (χ0) is 11.0. The lowest BCUT2D eigenvalue weighted by atomic mass is 10.2. The van der Waals surface area contributed by atoms with Crippen LogP contribution in [-0.4, -0.2) is 42.0 Å². The molecule has 1 amide bonds. The van der Waals surface area contributed by atoms with Gasteiger partial charge in [0.05, 0.1) is 6.04 Å². The Kier molecular flexibility index (Phi) is 8.52. The van der Waals surface area contributed by atoms with Gasteiger partial charge in [-0.25, -0.2) is 0 Å². The molecule has 0 rings (SSSR count). The molecule has 0 aliphatic carbocycles. The van der Waals surface area contributed by atoms with E-state index in [2.05, 4.69) is 12.2 Å². The van der Waals surface area contributed by atoms with Crippen LogP contribution in [0.4, 0.5) is 0 Å². The summed E-state index contributed by atoms with van der Waals surface area (Å²) in [5.41, 5.74) is 5.70. The molecule has 84 valence electrons. The Bertz CT molecular complexity index is 167. The first-order valence-corrected chi connectivity index (χ1v) is 7.35. The van der Waals surface area contributed by atoms with Crippen LogP contribution in [-0.2, 0) is 4.79 Å². The Hall–Kier alpha value is 0.130. The summed E-state index contributed by atoms with van der Waals surface area (Å²) in [6, 6.07) is -0.350. The predicted molar refractivity (Wildman–Crippen MR) is 67.0 cm³/mol. The lowest BCUT2D eigenvalue weighted by molar-refractivity contribution is -0.122. The molecule has 0 aromatic rings. The van der Waals surface area contributed by atoms with Crippen LogP contribution in [0.3, 0.4) is 0 Å². The number of rotatable bonds is 7. The fourth-order valence-corrected chi connectivity index (χ4v) is 1.57. The first-order chi connectivity index (χ1) is 6.61. The third-order valence-corrected chi connectivity index (χ3v) is 3.55. The van der Waals surface area contributed by atoms with Crippen LogP contribution < -0.4 is 11.1 Å². The SMILES string of the molecule is CSCCC(N)C(=O)NCC(C)SC. The minimum Gasteiger partial charge on any atom is -0.354 e. The maximum absolute atomic E-state index is 11.4. The van der Waals surface area contributed by atoms with Crippen molar-refractivity contribution in [3.63, 3.8) is 0 Å². The molecule has 3 nitrogen and oxygen atoms in total. The largest absolute Gasteiger partial charge is 0.354 e. The number of amides is 1. The van der Waals surface area contributed by atoms with Crippen LogP contribution in [0, 0.1) is 0 Å². The minimum atomic E-state index is -0.350. The Morgan fingerprint density at radius 1 is 1.50 bits per heavy atom. The molecule has 0 fully saturated rings. The fourth-order valence-electron chi connectivity index (χ4n) is 0.835. The van der Waals surface area contributed by atoms with E-state index in [1.807, 2.05) is 12.5 Å². The summed E-state index contributed by atoms with van der Waals surface area (Å²) >= 11 is 3.45. The Balaban J connectivity index is 3.61. The van der Waals surface area contributed by atoms with Crippen molar-refractivity contribution < 1.29 is 4.79 Å². The van der Waals surface area contributed by atoms with E-state index < -0.39 is 0 Å². The maximum atomic E-state index is 11.4. The number of hydrogen-bond acceptors (Lipinski definition) is 4. The van der Waals surface area contributed by atoms with Crippen LogP contribution in [0.1, 0.15) is 13.3 Å². The van der Waals surface area contributed by atoms with Crippen LogP contribution in [0.2, 0.25) is 0 Å². The molecule has 0 aromatic carbocycles. The molecule has 0 aliphatic rings. The lowest BCUT2D eigenvalue weighted by Gasteiger charge is -2.13. The van der Waals surface area contributed by atoms with Crippen molar-refractivity contribution >= 4 is 29.4 Å². The van der Waals surface area contributed by atoms with Gasteiger partial charge in [-0.05, 0) is 24.7 Å². The second kappa shape index (κ2) is 8.44. The van der Waals surface area contributed by atoms with Gasteiger partial charge in [0.25, 0.3) is 0 Å². The number of carbonyl (C=O) groups is 1. The summed E-state index contributed by atoms with van der Waals surface area (Å²) in [6.45, 7) is 2.78. The summed E-state index contributed by atoms with van der Waals surface area (Å²) in [5.74, 6) is 0.909. The van der Waals surface area contributed by atoms with Crippen molar-refractivity contribution in [1.29, 1.82) is 0 Å². The van der Waals surface area contributed by atoms with E-state index >= 15 is 0 Å². The van der Waals surface area contributed by atoms with E-state index in [0.29, 0.717) is 11.8 Å². The molecule has 14 heavy (non-hydrogen) atoms. The summed E-state index contributed by atoms with van der Waals surface area (Å²) in [6.07, 6.45) is 4.80. The van der Waals surface area contributed by atoms with Crippen molar-refractivity contribution in [3.05, 3.63) is 0 Å². The highest BCUT2D eigenvalue weighted by Gasteiger charge is 2.12. The third kappa shape index (κ3) is 6.56. The van der Waals surface area contributed by atoms with Crippen molar-refractivity contribution in [2.75, 3.05) is 24.8 Å². The number of hydrogen-bond donors (Lipinski definition) is 2. The van der Waals surface area contributed by atoms with Gasteiger partial charge in [-0.3, -0.25) is 4.79 Å². The van der Waals surface area contributed by atoms with Gasteiger partial charge in [0.1, 0.15) is 0 Å². The third-order valence-electron chi connectivity index (χ3n) is 1.94. The van der Waals surface area contributed by atoms with Gasteiger partial charge in [-0.1, -0.05) is 6.92 Å². The first-order valence-electron chi connectivity index (χ1n) is 4.66. The molecule has 0 spiro atoms. The normalized spacial score (nSPS) is 14.9. The maximum Gasteiger partial charge on any atom is 0.236 e. The topological polar surface area (TPSA) is 55.1 Å². The molecule has 5 heteroatoms. The van der Waals surface area contributed by atoms with E-state index in [4.69, 9.17) is 5.73 Å². The number of carbonyl (C=O) groups excluding carboxylic acids is 1. The molecule has 0 aromatic heterocycles. The number of nitrogens with one attached hydrogen (secondary N) is 1. The van der Waals surface area contributed by atoms with E-state index in [1.165, 1.54) is 0 Å². The quantitative estimate of drug-likeness (QED) is 0.690. The highest BCUT2D eigenvalue weighted by Crippen LogP contribution is 2.03. The van der Waals surface area contributed by atoms with E-state index in [9.17, 15) is 4.79 Å². The van der Waals surface area contributed by atoms with Gasteiger partial charge in [0, 0.05) is 11.8 Å². The fraction of sp³-hybridized carbons (Fsp3) is 0.889. The van der Waals surface area contributed by atoms with Crippen LogP contribution in [0.25, 0.3) is 0 Å². The molecule has 0 radical (unpaired) electrons. The van der Waals surface area contributed by atoms with Gasteiger partial charge in [-0.15, -0.1) is 0 Å². The molecule has 0 saturated carbocycles. The molecular formula is C9H20N2OS2. The second-order valence-electron chi connectivity index (χ2n) is 3.18. The first kappa shape index (κ1) is 14.1. The van der Waals surface area contributed by atoms with E-state index in [1.54, 1.807) is 23.5 Å². The number of thioether (sulfide) groups is 2. The molecule has 2 unspecified atom stereocenters. The van der Waals surface area contributed by atoms with Crippen molar-refractivity contribution in [2.24, 2.45) is 5.73 Å². The van der Waals surface area contributed by atoms with Gasteiger partial charge in [0.15, 0.2) is 0 Å². The van der Waals surface area contributed by atoms with Crippen LogP contribution in [0.15, 0.2) is 0 Å². The molecular weight excluding hydrogens is 216 g/mol. The Morgan fingerprint density at radius 2 is 2.14 bits per heavy atom. The summed E-state index contributed by atoms with van der Waals surface area (Å²) < 4.78 is 0. The van der Waals surface area contributed by atoms with E-state index in [0.717, 1.165) is 12.2 Å². The van der Waals surface area contributed by atoms with E-state index in [-0.39, 0.29) is 11.9 Å². The van der Waals surface area contributed by atoms with Crippen molar-refractivity contribution in [3.8, 4) is 0 Å². The van der Waals surface area contributed by atoms with Gasteiger partial charge in [-0.2, -0.15) is 23.5 Å². The van der Waals surface area contributed by atoms with Crippen LogP contribution in [0.5, 0.6) is 0 Å². The summed E-state index contributed by atoms with van der Waals surface area (Å²) in [4.78, 5) is 11.4. The molecule has 2 atom stereocenters. The lowest BCUT2D eigenvalue weighted by Crippen LogP contribution is -2.42. The molecule has 3 N–H and O–H groups in total. The predicted octanol–water partition coefficient (Wildman–Crippen LogP) is 0.935. The van der Waals surface area contributed by atoms with Gasteiger partial charge >= 0.3 is 0 Å². The smallest absolute Gasteiger partial charge is 0.236 e. The van der Waals surface area contributed by atoms with Crippen molar-refractivity contribution in [1.82, 2.24) is 5.32 Å². The monoisotopic (exact) mass is 236 g/mol. The minimum absolute atomic E-state index is 0.0278. The molecule has 0 saturated heterocycles. The highest BCUT2D eigenvalue weighted by atomic mass is 32.2. The standard InChI is InChI=1S/C9H20N2OS2/c1-7(14-3)6-11-9(12)8(10)4-5-13-2/h7-8H,4-6,10H2,1-3H3,(H,11,12). The zero-order valence-electron chi connectivity index (χ0n) is 9.08. The average molecular weight is 236 g/mol. The Labute approximate surface area is 95.0 Å². The summed E-state index contributed by atoms with van der Waals surface area (Å²) in [5, 5.41) is 3.30. The van der Waals surface area contributed by atoms with Gasteiger partial charge in [0.2, 0.25) is 5.91 Å².